The monoisotopic (exact) mass is 331 g/mol. The molecule has 6 nitrogen and oxygen atoms in total. The molecule has 0 spiro atoms. The summed E-state index contributed by atoms with van der Waals surface area (Å²) in [7, 11) is 3.08. The molecule has 0 saturated heterocycles. The van der Waals surface area contributed by atoms with Crippen molar-refractivity contribution in [2.24, 2.45) is 5.92 Å². The maximum Gasteiger partial charge on any atom is 0.227 e. The number of nitrogens with one attached hydrogen (secondary N) is 1. The molecule has 0 aliphatic heterocycles. The number of phenolic OH excluding ortho intramolecular Hbond substituents is 2. The lowest BCUT2D eigenvalue weighted by molar-refractivity contribution is -0.119. The number of benzene rings is 2. The molecular formula is C18H21NO5. The Morgan fingerprint density at radius 2 is 1.83 bits per heavy atom. The van der Waals surface area contributed by atoms with E-state index >= 15 is 0 Å². The molecule has 3 N–H and O–H groups in total. The van der Waals surface area contributed by atoms with Crippen LogP contribution in [0, 0.1) is 5.92 Å². The lowest BCUT2D eigenvalue weighted by atomic mass is 10.00. The highest BCUT2D eigenvalue weighted by Gasteiger charge is 2.17. The van der Waals surface area contributed by atoms with E-state index in [1.54, 1.807) is 38.3 Å². The van der Waals surface area contributed by atoms with E-state index < -0.39 is 0 Å². The van der Waals surface area contributed by atoms with Crippen LogP contribution in [0.5, 0.6) is 23.0 Å². The van der Waals surface area contributed by atoms with Gasteiger partial charge >= 0.3 is 0 Å². The second kappa shape index (κ2) is 7.59. The maximum atomic E-state index is 12.4. The van der Waals surface area contributed by atoms with Crippen molar-refractivity contribution in [3.63, 3.8) is 0 Å². The predicted molar refractivity (Wildman–Crippen MR) is 90.8 cm³/mol. The van der Waals surface area contributed by atoms with Crippen molar-refractivity contribution in [2.45, 2.75) is 13.3 Å². The van der Waals surface area contributed by atoms with Crippen molar-refractivity contribution >= 4 is 11.6 Å². The zero-order valence-electron chi connectivity index (χ0n) is 13.9. The van der Waals surface area contributed by atoms with Crippen LogP contribution < -0.4 is 14.8 Å². The van der Waals surface area contributed by atoms with Crippen molar-refractivity contribution in [3.05, 3.63) is 42.0 Å². The molecule has 6 heteroatoms. The van der Waals surface area contributed by atoms with Crippen molar-refractivity contribution in [2.75, 3.05) is 19.5 Å². The van der Waals surface area contributed by atoms with Crippen LogP contribution in [-0.4, -0.2) is 30.3 Å². The molecule has 2 aromatic rings. The number of hydrogen-bond donors (Lipinski definition) is 3. The van der Waals surface area contributed by atoms with Crippen LogP contribution in [0.4, 0.5) is 5.69 Å². The molecule has 0 bridgehead atoms. The smallest absolute Gasteiger partial charge is 0.227 e. The fraction of sp³-hybridized carbons (Fsp3) is 0.278. The molecule has 2 aromatic carbocycles. The topological polar surface area (TPSA) is 88.0 Å². The number of hydrogen-bond acceptors (Lipinski definition) is 5. The van der Waals surface area contributed by atoms with Gasteiger partial charge in [0.15, 0.2) is 11.5 Å². The second-order valence-electron chi connectivity index (χ2n) is 5.48. The number of carbonyl (C=O) groups is 1. The fourth-order valence-corrected chi connectivity index (χ4v) is 2.31. The Hall–Kier alpha value is -2.89. The summed E-state index contributed by atoms with van der Waals surface area (Å²) in [6.45, 7) is 1.78. The molecule has 1 atom stereocenters. The Morgan fingerprint density at radius 1 is 1.08 bits per heavy atom. The molecule has 0 aromatic heterocycles. The SMILES string of the molecule is COc1ccc(OC)c(NC(=O)C(C)Cc2ccc(O)c(O)c2)c1. The molecule has 1 amide bonds. The van der Waals surface area contributed by atoms with Crippen LogP contribution in [-0.2, 0) is 11.2 Å². The number of methoxy groups -OCH3 is 2. The Kier molecular flexibility index (Phi) is 5.52. The van der Waals surface area contributed by atoms with Gasteiger partial charge in [-0.2, -0.15) is 0 Å². The highest BCUT2D eigenvalue weighted by molar-refractivity contribution is 5.94. The number of aromatic hydroxyl groups is 2. The first-order valence-corrected chi connectivity index (χ1v) is 7.48. The van der Waals surface area contributed by atoms with Gasteiger partial charge in [0, 0.05) is 12.0 Å². The van der Waals surface area contributed by atoms with Gasteiger partial charge in [-0.15, -0.1) is 0 Å². The first-order chi connectivity index (χ1) is 11.4. The molecule has 24 heavy (non-hydrogen) atoms. The number of carbonyl (C=O) groups excluding carboxylic acids is 1. The summed E-state index contributed by atoms with van der Waals surface area (Å²) in [6.07, 6.45) is 0.423. The van der Waals surface area contributed by atoms with Gasteiger partial charge in [0.25, 0.3) is 0 Å². The van der Waals surface area contributed by atoms with E-state index in [1.165, 1.54) is 19.2 Å². The average molecular weight is 331 g/mol. The Morgan fingerprint density at radius 3 is 2.46 bits per heavy atom. The largest absolute Gasteiger partial charge is 0.504 e. The van der Waals surface area contributed by atoms with E-state index in [2.05, 4.69) is 5.32 Å². The molecule has 0 aliphatic rings. The summed E-state index contributed by atoms with van der Waals surface area (Å²) < 4.78 is 10.4. The highest BCUT2D eigenvalue weighted by Crippen LogP contribution is 2.30. The van der Waals surface area contributed by atoms with Gasteiger partial charge in [-0.3, -0.25) is 4.79 Å². The number of phenols is 2. The van der Waals surface area contributed by atoms with Crippen LogP contribution in [0.15, 0.2) is 36.4 Å². The van der Waals surface area contributed by atoms with Crippen molar-refractivity contribution in [3.8, 4) is 23.0 Å². The molecule has 2 rings (SSSR count). The zero-order valence-corrected chi connectivity index (χ0v) is 13.9. The minimum Gasteiger partial charge on any atom is -0.504 e. The lowest BCUT2D eigenvalue weighted by Gasteiger charge is -2.15. The van der Waals surface area contributed by atoms with E-state index in [0.29, 0.717) is 23.6 Å². The summed E-state index contributed by atoms with van der Waals surface area (Å²) in [5, 5.41) is 21.7. The van der Waals surface area contributed by atoms with Crippen LogP contribution in [0.25, 0.3) is 0 Å². The number of anilines is 1. The Balaban J connectivity index is 2.09. The van der Waals surface area contributed by atoms with Crippen LogP contribution >= 0.6 is 0 Å². The summed E-state index contributed by atoms with van der Waals surface area (Å²) in [5.74, 6) is 0.242. The Labute approximate surface area is 140 Å². The van der Waals surface area contributed by atoms with Crippen LogP contribution in [0.3, 0.4) is 0 Å². The standard InChI is InChI=1S/C18H21NO5/c1-11(8-12-4-6-15(20)16(21)9-12)18(22)19-14-10-13(23-2)5-7-17(14)24-3/h4-7,9-11,20-21H,8H2,1-3H3,(H,19,22). The van der Waals surface area contributed by atoms with Gasteiger partial charge in [0.2, 0.25) is 5.91 Å². The minimum absolute atomic E-state index is 0.183. The van der Waals surface area contributed by atoms with Gasteiger partial charge in [0.1, 0.15) is 11.5 Å². The third kappa shape index (κ3) is 4.10. The molecule has 0 aliphatic carbocycles. The third-order valence-electron chi connectivity index (χ3n) is 3.69. The van der Waals surface area contributed by atoms with Gasteiger partial charge in [0.05, 0.1) is 19.9 Å². The zero-order chi connectivity index (χ0) is 17.7. The number of ether oxygens (including phenoxy) is 2. The quantitative estimate of drug-likeness (QED) is 0.708. The van der Waals surface area contributed by atoms with E-state index in [1.807, 2.05) is 0 Å². The molecule has 128 valence electrons. The molecular weight excluding hydrogens is 310 g/mol. The van der Waals surface area contributed by atoms with E-state index in [4.69, 9.17) is 9.47 Å². The summed E-state index contributed by atoms with van der Waals surface area (Å²) in [6, 6.07) is 9.68. The summed E-state index contributed by atoms with van der Waals surface area (Å²) in [4.78, 5) is 12.4. The minimum atomic E-state index is -0.343. The van der Waals surface area contributed by atoms with Crippen molar-refractivity contribution in [1.29, 1.82) is 0 Å². The predicted octanol–water partition coefficient (Wildman–Crippen LogP) is 2.93. The fourth-order valence-electron chi connectivity index (χ4n) is 2.31. The summed E-state index contributed by atoms with van der Waals surface area (Å²) >= 11 is 0. The van der Waals surface area contributed by atoms with E-state index in [9.17, 15) is 15.0 Å². The van der Waals surface area contributed by atoms with Gasteiger partial charge in [-0.1, -0.05) is 13.0 Å². The summed E-state index contributed by atoms with van der Waals surface area (Å²) in [5.41, 5.74) is 1.29. The molecule has 0 radical (unpaired) electrons. The third-order valence-corrected chi connectivity index (χ3v) is 3.69. The lowest BCUT2D eigenvalue weighted by Crippen LogP contribution is -2.22. The van der Waals surface area contributed by atoms with Crippen LogP contribution in [0.2, 0.25) is 0 Å². The first kappa shape index (κ1) is 17.5. The molecule has 0 saturated carbocycles. The van der Waals surface area contributed by atoms with Crippen molar-refractivity contribution in [1.82, 2.24) is 0 Å². The van der Waals surface area contributed by atoms with E-state index in [-0.39, 0.29) is 23.3 Å². The molecule has 0 heterocycles. The first-order valence-electron chi connectivity index (χ1n) is 7.48. The number of amides is 1. The van der Waals surface area contributed by atoms with E-state index in [0.717, 1.165) is 5.56 Å². The Bertz CT molecular complexity index is 729. The highest BCUT2D eigenvalue weighted by atomic mass is 16.5. The maximum absolute atomic E-state index is 12.4. The normalized spacial score (nSPS) is 11.6. The van der Waals surface area contributed by atoms with Crippen molar-refractivity contribution < 1.29 is 24.5 Å². The molecule has 0 fully saturated rings. The molecule has 1 unspecified atom stereocenters. The van der Waals surface area contributed by atoms with Gasteiger partial charge < -0.3 is 25.0 Å². The van der Waals surface area contributed by atoms with Gasteiger partial charge in [-0.25, -0.2) is 0 Å². The van der Waals surface area contributed by atoms with Crippen LogP contribution in [0.1, 0.15) is 12.5 Å². The number of rotatable bonds is 6. The second-order valence-corrected chi connectivity index (χ2v) is 5.48. The van der Waals surface area contributed by atoms with Gasteiger partial charge in [-0.05, 0) is 36.2 Å². The average Bonchev–Trinajstić information content (AvgIpc) is 2.58.